The number of hydrogen-bond acceptors (Lipinski definition) is 6. The zero-order chi connectivity index (χ0) is 25.9. The second-order valence-corrected chi connectivity index (χ2v) is 10.6. The van der Waals surface area contributed by atoms with Gasteiger partial charge in [0, 0.05) is 42.9 Å². The van der Waals surface area contributed by atoms with E-state index in [1.165, 1.54) is 5.56 Å². The quantitative estimate of drug-likeness (QED) is 0.493. The van der Waals surface area contributed by atoms with E-state index in [0.717, 1.165) is 55.8 Å². The lowest BCUT2D eigenvalue weighted by Gasteiger charge is -2.43. The summed E-state index contributed by atoms with van der Waals surface area (Å²) in [5.74, 6) is -0.0525. The van der Waals surface area contributed by atoms with E-state index in [4.69, 9.17) is 10.5 Å². The van der Waals surface area contributed by atoms with Crippen LogP contribution >= 0.6 is 0 Å². The molecule has 1 aliphatic heterocycles. The van der Waals surface area contributed by atoms with Crippen molar-refractivity contribution in [1.29, 1.82) is 0 Å². The summed E-state index contributed by atoms with van der Waals surface area (Å²) in [6.45, 7) is 11.6. The molecule has 0 saturated carbocycles. The van der Waals surface area contributed by atoms with Crippen molar-refractivity contribution in [2.45, 2.75) is 70.6 Å². The Morgan fingerprint density at radius 3 is 2.56 bits per heavy atom. The Balaban J connectivity index is 1.54. The summed E-state index contributed by atoms with van der Waals surface area (Å²) in [7, 11) is 0. The molecule has 1 aliphatic carbocycles. The number of anilines is 1. The number of aliphatic hydroxyl groups is 1. The Bertz CT molecular complexity index is 1110. The average Bonchev–Trinajstić information content (AvgIpc) is 2.88. The van der Waals surface area contributed by atoms with Crippen LogP contribution in [-0.2, 0) is 4.74 Å². The number of nitrogens with zero attached hydrogens (tertiary/aromatic N) is 2. The second-order valence-electron chi connectivity index (χ2n) is 10.6. The molecular weight excluding hydrogens is 452 g/mol. The van der Waals surface area contributed by atoms with E-state index in [1.807, 2.05) is 19.1 Å². The summed E-state index contributed by atoms with van der Waals surface area (Å²) in [6.07, 6.45) is 6.38. The van der Waals surface area contributed by atoms with Crippen molar-refractivity contribution >= 4 is 11.7 Å². The molecule has 2 aliphatic rings. The highest BCUT2D eigenvalue weighted by molar-refractivity contribution is 6.00. The molecule has 0 bridgehead atoms. The SMILES string of the molecule is CCC1=CC(C)(O)CC(CC)(NC(=O)c2cc(-c3ccc([C@@H](C)N4CCOCC4)cc3)cnc2N)C1. The van der Waals surface area contributed by atoms with Gasteiger partial charge in [0.25, 0.3) is 5.91 Å². The van der Waals surface area contributed by atoms with E-state index in [9.17, 15) is 9.90 Å². The third kappa shape index (κ3) is 5.80. The fourth-order valence-electron chi connectivity index (χ4n) is 5.63. The summed E-state index contributed by atoms with van der Waals surface area (Å²) in [4.78, 5) is 20.2. The van der Waals surface area contributed by atoms with Gasteiger partial charge < -0.3 is 20.9 Å². The molecule has 36 heavy (non-hydrogen) atoms. The molecule has 194 valence electrons. The summed E-state index contributed by atoms with van der Waals surface area (Å²) in [6, 6.07) is 10.6. The lowest BCUT2D eigenvalue weighted by Crippen LogP contribution is -2.54. The van der Waals surface area contributed by atoms with Gasteiger partial charge in [-0.25, -0.2) is 4.98 Å². The van der Waals surface area contributed by atoms with Crippen LogP contribution in [0.15, 0.2) is 48.2 Å². The third-order valence-corrected chi connectivity index (χ3v) is 7.77. The van der Waals surface area contributed by atoms with Crippen LogP contribution in [0.25, 0.3) is 11.1 Å². The van der Waals surface area contributed by atoms with E-state index in [2.05, 4.69) is 53.3 Å². The number of nitrogen functional groups attached to an aromatic ring is 1. The maximum atomic E-state index is 13.5. The number of nitrogens with two attached hydrogens (primary N) is 1. The lowest BCUT2D eigenvalue weighted by atomic mass is 9.72. The van der Waals surface area contributed by atoms with Gasteiger partial charge in [0.2, 0.25) is 0 Å². The van der Waals surface area contributed by atoms with Gasteiger partial charge in [-0.3, -0.25) is 9.69 Å². The predicted octanol–water partition coefficient (Wildman–Crippen LogP) is 4.48. The van der Waals surface area contributed by atoms with Crippen LogP contribution < -0.4 is 11.1 Å². The molecule has 1 aromatic heterocycles. The number of benzene rings is 1. The molecule has 2 aromatic rings. The number of ether oxygens (including phenoxy) is 1. The van der Waals surface area contributed by atoms with Gasteiger partial charge in [-0.2, -0.15) is 0 Å². The molecule has 7 nitrogen and oxygen atoms in total. The first-order valence-electron chi connectivity index (χ1n) is 13.1. The molecule has 1 amide bonds. The van der Waals surface area contributed by atoms with Crippen molar-refractivity contribution in [2.24, 2.45) is 0 Å². The first-order valence-corrected chi connectivity index (χ1v) is 13.1. The van der Waals surface area contributed by atoms with Gasteiger partial charge in [-0.1, -0.05) is 49.8 Å². The molecular formula is C29H40N4O3. The highest BCUT2D eigenvalue weighted by Crippen LogP contribution is 2.38. The fraction of sp³-hybridized carbons (Fsp3) is 0.517. The number of morpholine rings is 1. The Labute approximate surface area is 214 Å². The normalized spacial score (nSPS) is 25.8. The van der Waals surface area contributed by atoms with Gasteiger partial charge >= 0.3 is 0 Å². The molecule has 1 fully saturated rings. The van der Waals surface area contributed by atoms with Crippen molar-refractivity contribution in [1.82, 2.24) is 15.2 Å². The smallest absolute Gasteiger partial charge is 0.255 e. The number of rotatable bonds is 7. The van der Waals surface area contributed by atoms with Crippen LogP contribution in [0.5, 0.6) is 0 Å². The number of aromatic nitrogens is 1. The summed E-state index contributed by atoms with van der Waals surface area (Å²) < 4.78 is 5.48. The zero-order valence-corrected chi connectivity index (χ0v) is 22.0. The number of carbonyl (C=O) groups excluding carboxylic acids is 1. The molecule has 1 saturated heterocycles. The van der Waals surface area contributed by atoms with Crippen molar-refractivity contribution in [3.8, 4) is 11.1 Å². The van der Waals surface area contributed by atoms with Gasteiger partial charge in [0.05, 0.1) is 24.4 Å². The zero-order valence-electron chi connectivity index (χ0n) is 22.0. The largest absolute Gasteiger partial charge is 0.386 e. The Hall–Kier alpha value is -2.74. The van der Waals surface area contributed by atoms with Crippen molar-refractivity contribution < 1.29 is 14.6 Å². The minimum atomic E-state index is -0.960. The maximum Gasteiger partial charge on any atom is 0.255 e. The first-order chi connectivity index (χ1) is 17.1. The summed E-state index contributed by atoms with van der Waals surface area (Å²) >= 11 is 0. The minimum absolute atomic E-state index is 0.203. The molecule has 4 N–H and O–H groups in total. The number of carbonyl (C=O) groups is 1. The summed E-state index contributed by atoms with van der Waals surface area (Å²) in [5, 5.41) is 14.1. The van der Waals surface area contributed by atoms with Gasteiger partial charge in [-0.05, 0) is 50.3 Å². The molecule has 1 aromatic carbocycles. The van der Waals surface area contributed by atoms with E-state index >= 15 is 0 Å². The van der Waals surface area contributed by atoms with E-state index < -0.39 is 11.1 Å². The first kappa shape index (κ1) is 26.3. The number of pyridine rings is 1. The molecule has 3 atom stereocenters. The lowest BCUT2D eigenvalue weighted by molar-refractivity contribution is 0.0198. The van der Waals surface area contributed by atoms with Crippen molar-refractivity contribution in [2.75, 3.05) is 32.0 Å². The number of hydrogen-bond donors (Lipinski definition) is 3. The van der Waals surface area contributed by atoms with Crippen LogP contribution in [0.2, 0.25) is 0 Å². The third-order valence-electron chi connectivity index (χ3n) is 7.77. The highest BCUT2D eigenvalue weighted by Gasteiger charge is 2.41. The molecule has 4 rings (SSSR count). The average molecular weight is 493 g/mol. The Kier molecular flexibility index (Phi) is 7.83. The van der Waals surface area contributed by atoms with Gasteiger partial charge in [-0.15, -0.1) is 0 Å². The Morgan fingerprint density at radius 1 is 1.22 bits per heavy atom. The van der Waals surface area contributed by atoms with Crippen molar-refractivity contribution in [3.63, 3.8) is 0 Å². The molecule has 2 unspecified atom stereocenters. The Morgan fingerprint density at radius 2 is 1.92 bits per heavy atom. The van der Waals surface area contributed by atoms with Crippen LogP contribution in [-0.4, -0.2) is 58.3 Å². The van der Waals surface area contributed by atoms with Crippen LogP contribution in [0.3, 0.4) is 0 Å². The number of nitrogens with one attached hydrogen (secondary N) is 1. The van der Waals surface area contributed by atoms with Crippen LogP contribution in [0.4, 0.5) is 5.82 Å². The second kappa shape index (κ2) is 10.7. The molecule has 7 heteroatoms. The highest BCUT2D eigenvalue weighted by atomic mass is 16.5. The van der Waals surface area contributed by atoms with E-state index in [1.54, 1.807) is 13.1 Å². The fourth-order valence-corrected chi connectivity index (χ4v) is 5.63. The summed E-state index contributed by atoms with van der Waals surface area (Å²) in [5.41, 5.74) is 9.26. The molecule has 0 spiro atoms. The molecule has 2 heterocycles. The van der Waals surface area contributed by atoms with Crippen molar-refractivity contribution in [3.05, 3.63) is 59.3 Å². The van der Waals surface area contributed by atoms with Crippen LogP contribution in [0, 0.1) is 0 Å². The van der Waals surface area contributed by atoms with Gasteiger partial charge in [0.1, 0.15) is 5.82 Å². The monoisotopic (exact) mass is 492 g/mol. The predicted molar refractivity (Wildman–Crippen MR) is 144 cm³/mol. The van der Waals surface area contributed by atoms with E-state index in [-0.39, 0.29) is 11.7 Å². The van der Waals surface area contributed by atoms with Gasteiger partial charge in [0.15, 0.2) is 0 Å². The number of amides is 1. The molecule has 0 radical (unpaired) electrons. The maximum absolute atomic E-state index is 13.5. The van der Waals surface area contributed by atoms with E-state index in [0.29, 0.717) is 24.4 Å². The van der Waals surface area contributed by atoms with Crippen LogP contribution in [0.1, 0.15) is 75.3 Å². The minimum Gasteiger partial charge on any atom is -0.386 e. The topological polar surface area (TPSA) is 101 Å². The standard InChI is InChI=1S/C29H40N4O3/c1-5-21-16-28(4,35)19-29(6-2,17-21)32-27(34)25-15-24(18-31-26(25)30)23-9-7-22(8-10-23)20(3)33-11-13-36-14-12-33/h7-10,15-16,18,20,35H,5-6,11-14,17,19H2,1-4H3,(H2,30,31)(H,32,34)/t20-,28?,29?/m1/s1.